The number of nitrogens with zero attached hydrogens (tertiary/aromatic N) is 1. The quantitative estimate of drug-likeness (QED) is 0.667. The summed E-state index contributed by atoms with van der Waals surface area (Å²) in [5.41, 5.74) is 1.46. The van der Waals surface area contributed by atoms with E-state index in [9.17, 15) is 13.2 Å². The maximum absolute atomic E-state index is 13.1. The molecule has 1 heterocycles. The van der Waals surface area contributed by atoms with E-state index in [0.29, 0.717) is 18.8 Å². The van der Waals surface area contributed by atoms with Crippen molar-refractivity contribution in [3.63, 3.8) is 0 Å². The molecule has 0 aromatic heterocycles. The molecule has 31 heavy (non-hydrogen) atoms. The minimum absolute atomic E-state index is 0.0664. The van der Waals surface area contributed by atoms with Gasteiger partial charge in [-0.1, -0.05) is 43.2 Å². The molecular formula is C24H32N2O4S. The summed E-state index contributed by atoms with van der Waals surface area (Å²) >= 11 is 0. The predicted octanol–water partition coefficient (Wildman–Crippen LogP) is 4.01. The van der Waals surface area contributed by atoms with Crippen molar-refractivity contribution in [3.8, 4) is 5.75 Å². The van der Waals surface area contributed by atoms with Gasteiger partial charge >= 0.3 is 0 Å². The number of benzene rings is 2. The van der Waals surface area contributed by atoms with Crippen LogP contribution >= 0.6 is 0 Å². The first-order valence-electron chi connectivity index (χ1n) is 10.9. The number of hydrogen-bond donors (Lipinski definition) is 1. The van der Waals surface area contributed by atoms with Crippen LogP contribution in [0.1, 0.15) is 54.9 Å². The molecule has 1 amide bonds. The van der Waals surface area contributed by atoms with Crippen molar-refractivity contribution in [1.29, 1.82) is 0 Å². The van der Waals surface area contributed by atoms with E-state index in [1.54, 1.807) is 6.07 Å². The van der Waals surface area contributed by atoms with Crippen LogP contribution in [-0.4, -0.2) is 44.9 Å². The number of sulfonamides is 1. The molecule has 1 atom stereocenters. The van der Waals surface area contributed by atoms with Crippen LogP contribution in [0.2, 0.25) is 0 Å². The lowest BCUT2D eigenvalue weighted by Gasteiger charge is -2.21. The van der Waals surface area contributed by atoms with Crippen molar-refractivity contribution in [1.82, 2.24) is 9.62 Å². The Bertz CT molecular complexity index is 968. The van der Waals surface area contributed by atoms with Gasteiger partial charge in [0.25, 0.3) is 5.91 Å². The number of aryl methyl sites for hydroxylation is 1. The van der Waals surface area contributed by atoms with Gasteiger partial charge in [-0.15, -0.1) is 0 Å². The molecule has 1 fully saturated rings. The minimum atomic E-state index is -3.64. The van der Waals surface area contributed by atoms with Crippen LogP contribution in [0.15, 0.2) is 53.4 Å². The Kier molecular flexibility index (Phi) is 8.09. The molecule has 0 bridgehead atoms. The Morgan fingerprint density at radius 1 is 1.06 bits per heavy atom. The smallest absolute Gasteiger partial charge is 0.255 e. The lowest BCUT2D eigenvalue weighted by molar-refractivity contribution is 0.0935. The van der Waals surface area contributed by atoms with Crippen molar-refractivity contribution >= 4 is 15.9 Å². The fourth-order valence-corrected chi connectivity index (χ4v) is 5.40. The zero-order chi connectivity index (χ0) is 22.3. The molecule has 168 valence electrons. The summed E-state index contributed by atoms with van der Waals surface area (Å²) in [6.07, 6.45) is 5.45. The first kappa shape index (κ1) is 23.3. The molecule has 3 rings (SSSR count). The van der Waals surface area contributed by atoms with Crippen LogP contribution in [0.25, 0.3) is 0 Å². The van der Waals surface area contributed by atoms with Gasteiger partial charge in [-0.2, -0.15) is 4.31 Å². The third kappa shape index (κ3) is 6.08. The molecule has 7 heteroatoms. The van der Waals surface area contributed by atoms with Crippen molar-refractivity contribution < 1.29 is 17.9 Å². The Morgan fingerprint density at radius 2 is 1.74 bits per heavy atom. The number of carbonyl (C=O) groups is 1. The third-order valence-corrected chi connectivity index (χ3v) is 7.60. The highest BCUT2D eigenvalue weighted by Gasteiger charge is 2.27. The van der Waals surface area contributed by atoms with E-state index in [1.165, 1.54) is 29.1 Å². The average Bonchev–Trinajstić information content (AvgIpc) is 3.08. The molecule has 2 aromatic rings. The minimum Gasteiger partial charge on any atom is -0.496 e. The number of ether oxygens (including phenoxy) is 1. The summed E-state index contributed by atoms with van der Waals surface area (Å²) in [4.78, 5) is 13.1. The van der Waals surface area contributed by atoms with E-state index in [4.69, 9.17) is 4.74 Å². The van der Waals surface area contributed by atoms with Gasteiger partial charge in [-0.05, 0) is 56.4 Å². The number of hydrogen-bond acceptors (Lipinski definition) is 4. The Balaban J connectivity index is 1.74. The maximum Gasteiger partial charge on any atom is 0.255 e. The zero-order valence-corrected chi connectivity index (χ0v) is 19.2. The van der Waals surface area contributed by atoms with Crippen molar-refractivity contribution in [2.45, 2.75) is 56.4 Å². The number of carbonyl (C=O) groups excluding carboxylic acids is 1. The highest BCUT2D eigenvalue weighted by atomic mass is 32.2. The molecule has 0 unspecified atom stereocenters. The Labute approximate surface area is 185 Å². The van der Waals surface area contributed by atoms with Gasteiger partial charge in [0.1, 0.15) is 5.75 Å². The average molecular weight is 445 g/mol. The van der Waals surface area contributed by atoms with Gasteiger partial charge in [0.2, 0.25) is 10.0 Å². The van der Waals surface area contributed by atoms with Crippen molar-refractivity contribution in [2.24, 2.45) is 0 Å². The molecule has 1 N–H and O–H groups in total. The van der Waals surface area contributed by atoms with Gasteiger partial charge in [0.15, 0.2) is 0 Å². The zero-order valence-electron chi connectivity index (χ0n) is 18.3. The molecule has 0 saturated carbocycles. The normalized spacial score (nSPS) is 16.3. The summed E-state index contributed by atoms with van der Waals surface area (Å²) in [5, 5.41) is 2.98. The van der Waals surface area contributed by atoms with Crippen LogP contribution in [0.3, 0.4) is 0 Å². The molecule has 0 spiro atoms. The van der Waals surface area contributed by atoms with Crippen LogP contribution in [0.4, 0.5) is 0 Å². The van der Waals surface area contributed by atoms with Crippen molar-refractivity contribution in [2.75, 3.05) is 20.2 Å². The van der Waals surface area contributed by atoms with E-state index in [1.807, 2.05) is 25.1 Å². The molecule has 1 saturated heterocycles. The SMILES string of the molecule is COc1ccc(S(=O)(=O)N2CCCCCC2)cc1C(=O)N[C@H](C)CCc1ccccc1. The number of amides is 1. The molecule has 1 aliphatic heterocycles. The second-order valence-electron chi connectivity index (χ2n) is 8.08. The van der Waals surface area contributed by atoms with Crippen LogP contribution in [0.5, 0.6) is 5.75 Å². The Morgan fingerprint density at radius 3 is 2.39 bits per heavy atom. The summed E-state index contributed by atoms with van der Waals surface area (Å²) in [6, 6.07) is 14.6. The van der Waals surface area contributed by atoms with E-state index in [-0.39, 0.29) is 22.4 Å². The summed E-state index contributed by atoms with van der Waals surface area (Å²) in [7, 11) is -2.16. The largest absolute Gasteiger partial charge is 0.496 e. The molecule has 6 nitrogen and oxygen atoms in total. The fraction of sp³-hybridized carbons (Fsp3) is 0.458. The maximum atomic E-state index is 13.1. The standard InChI is InChI=1S/C24H32N2O4S/c1-19(12-13-20-10-6-5-7-11-20)25-24(27)22-18-21(14-15-23(22)30-2)31(28,29)26-16-8-3-4-9-17-26/h5-7,10-11,14-15,18-19H,3-4,8-9,12-13,16-17H2,1-2H3,(H,25,27)/t19-/m1/s1. The second-order valence-corrected chi connectivity index (χ2v) is 10.0. The Hall–Kier alpha value is -2.38. The van der Waals surface area contributed by atoms with Gasteiger partial charge in [0, 0.05) is 19.1 Å². The van der Waals surface area contributed by atoms with Crippen LogP contribution in [0, 0.1) is 0 Å². The number of nitrogens with one attached hydrogen (secondary N) is 1. The van der Waals surface area contributed by atoms with E-state index in [0.717, 1.165) is 38.5 Å². The van der Waals surface area contributed by atoms with Crippen LogP contribution < -0.4 is 10.1 Å². The van der Waals surface area contributed by atoms with E-state index < -0.39 is 10.0 Å². The summed E-state index contributed by atoms with van der Waals surface area (Å²) in [6.45, 7) is 2.99. The summed E-state index contributed by atoms with van der Waals surface area (Å²) in [5.74, 6) is 0.0351. The summed E-state index contributed by atoms with van der Waals surface area (Å²) < 4.78 is 33.2. The molecule has 0 radical (unpaired) electrons. The second kappa shape index (κ2) is 10.8. The van der Waals surface area contributed by atoms with E-state index in [2.05, 4.69) is 17.4 Å². The lowest BCUT2D eigenvalue weighted by atomic mass is 10.1. The van der Waals surface area contributed by atoms with Gasteiger partial charge in [-0.25, -0.2) is 8.42 Å². The lowest BCUT2D eigenvalue weighted by Crippen LogP contribution is -2.34. The topological polar surface area (TPSA) is 75.7 Å². The first-order chi connectivity index (χ1) is 14.9. The first-order valence-corrected chi connectivity index (χ1v) is 12.4. The van der Waals surface area contributed by atoms with Gasteiger partial charge in [0.05, 0.1) is 17.6 Å². The number of methoxy groups -OCH3 is 1. The predicted molar refractivity (Wildman–Crippen MR) is 122 cm³/mol. The molecule has 2 aromatic carbocycles. The number of rotatable bonds is 8. The molecular weight excluding hydrogens is 412 g/mol. The van der Waals surface area contributed by atoms with Gasteiger partial charge < -0.3 is 10.1 Å². The van der Waals surface area contributed by atoms with E-state index >= 15 is 0 Å². The fourth-order valence-electron chi connectivity index (χ4n) is 3.86. The molecule has 1 aliphatic rings. The van der Waals surface area contributed by atoms with Crippen LogP contribution in [-0.2, 0) is 16.4 Å². The van der Waals surface area contributed by atoms with Crippen molar-refractivity contribution in [3.05, 3.63) is 59.7 Å². The molecule has 0 aliphatic carbocycles. The third-order valence-electron chi connectivity index (χ3n) is 5.70. The van der Waals surface area contributed by atoms with Gasteiger partial charge in [-0.3, -0.25) is 4.79 Å². The highest BCUT2D eigenvalue weighted by molar-refractivity contribution is 7.89. The monoisotopic (exact) mass is 444 g/mol. The highest BCUT2D eigenvalue weighted by Crippen LogP contribution is 2.26.